The number of anilines is 1. The van der Waals surface area contributed by atoms with Gasteiger partial charge in [0.25, 0.3) is 0 Å². The predicted octanol–water partition coefficient (Wildman–Crippen LogP) is 1.99. The van der Waals surface area contributed by atoms with Crippen LogP contribution in [-0.2, 0) is 6.54 Å². The van der Waals surface area contributed by atoms with E-state index in [0.29, 0.717) is 0 Å². The summed E-state index contributed by atoms with van der Waals surface area (Å²) in [7, 11) is 0. The Morgan fingerprint density at radius 2 is 2.41 bits per heavy atom. The molecule has 2 heterocycles. The fraction of sp³-hybridized carbons (Fsp3) is 0.615. The Balaban J connectivity index is 2.04. The van der Waals surface area contributed by atoms with Crippen molar-refractivity contribution in [2.75, 3.05) is 12.0 Å². The first-order valence-corrected chi connectivity index (χ1v) is 6.36. The summed E-state index contributed by atoms with van der Waals surface area (Å²) in [5, 5.41) is 0. The van der Waals surface area contributed by atoms with Crippen molar-refractivity contribution in [2.45, 2.75) is 39.3 Å². The van der Waals surface area contributed by atoms with E-state index in [2.05, 4.69) is 35.2 Å². The van der Waals surface area contributed by atoms with Crippen molar-refractivity contribution in [2.24, 2.45) is 11.8 Å². The number of nitrogens with one attached hydrogen (secondary N) is 1. The number of pyridine rings is 1. The fourth-order valence-electron chi connectivity index (χ4n) is 2.69. The third-order valence-corrected chi connectivity index (χ3v) is 3.54. The largest absolute Gasteiger partial charge is 0.308 e. The summed E-state index contributed by atoms with van der Waals surface area (Å²) >= 11 is 0. The third-order valence-electron chi connectivity index (χ3n) is 3.54. The molecule has 0 aliphatic carbocycles. The second-order valence-electron chi connectivity index (χ2n) is 5.12. The Bertz CT molecular complexity index is 364. The average Bonchev–Trinajstić information content (AvgIpc) is 2.77. The highest BCUT2D eigenvalue weighted by Gasteiger charge is 2.26. The van der Waals surface area contributed by atoms with E-state index in [1.165, 1.54) is 24.9 Å². The van der Waals surface area contributed by atoms with Crippen LogP contribution in [0.3, 0.4) is 0 Å². The maximum atomic E-state index is 5.38. The summed E-state index contributed by atoms with van der Waals surface area (Å²) in [4.78, 5) is 6.70. The molecule has 4 nitrogen and oxygen atoms in total. The third kappa shape index (κ3) is 2.96. The zero-order valence-electron chi connectivity index (χ0n) is 10.7. The molecule has 0 spiro atoms. The highest BCUT2D eigenvalue weighted by atomic mass is 15.2. The molecule has 3 N–H and O–H groups in total. The van der Waals surface area contributed by atoms with E-state index in [0.717, 1.165) is 24.3 Å². The molecule has 17 heavy (non-hydrogen) atoms. The smallest absolute Gasteiger partial charge is 0.140 e. The summed E-state index contributed by atoms with van der Waals surface area (Å²) < 4.78 is 0. The molecule has 2 rings (SSSR count). The lowest BCUT2D eigenvalue weighted by Gasteiger charge is -2.27. The Morgan fingerprint density at radius 1 is 1.59 bits per heavy atom. The van der Waals surface area contributed by atoms with Gasteiger partial charge in [-0.05, 0) is 43.0 Å². The second kappa shape index (κ2) is 5.47. The van der Waals surface area contributed by atoms with Crippen molar-refractivity contribution >= 4 is 5.82 Å². The molecule has 1 fully saturated rings. The molecule has 1 atom stereocenters. The molecule has 4 heteroatoms. The van der Waals surface area contributed by atoms with Crippen LogP contribution in [0.4, 0.5) is 5.82 Å². The van der Waals surface area contributed by atoms with Gasteiger partial charge in [0.15, 0.2) is 0 Å². The molecule has 0 aromatic carbocycles. The van der Waals surface area contributed by atoms with Gasteiger partial charge in [-0.25, -0.2) is 10.8 Å². The van der Waals surface area contributed by atoms with Crippen LogP contribution in [-0.4, -0.2) is 22.5 Å². The summed E-state index contributed by atoms with van der Waals surface area (Å²) in [5.74, 6) is 6.84. The standard InChI is InChI=1S/C13H22N4/c1-10(2)12-4-3-7-17(12)9-11-5-6-15-13(8-11)16-14/h5-6,8,10,12H,3-4,7,9,14H2,1-2H3,(H,15,16). The molecule has 1 aromatic rings. The topological polar surface area (TPSA) is 54.2 Å². The van der Waals surface area contributed by atoms with Crippen LogP contribution < -0.4 is 11.3 Å². The minimum atomic E-state index is 0.720. The number of rotatable bonds is 4. The quantitative estimate of drug-likeness (QED) is 0.618. The molecule has 1 unspecified atom stereocenters. The highest BCUT2D eigenvalue weighted by molar-refractivity contribution is 5.35. The molecule has 0 radical (unpaired) electrons. The van der Waals surface area contributed by atoms with Crippen LogP contribution >= 0.6 is 0 Å². The van der Waals surface area contributed by atoms with E-state index in [9.17, 15) is 0 Å². The minimum absolute atomic E-state index is 0.720. The van der Waals surface area contributed by atoms with Crippen molar-refractivity contribution < 1.29 is 0 Å². The summed E-state index contributed by atoms with van der Waals surface area (Å²) in [6.07, 6.45) is 4.45. The van der Waals surface area contributed by atoms with Crippen molar-refractivity contribution in [1.82, 2.24) is 9.88 Å². The van der Waals surface area contributed by atoms with Crippen LogP contribution in [0.5, 0.6) is 0 Å². The van der Waals surface area contributed by atoms with E-state index in [-0.39, 0.29) is 0 Å². The molecule has 1 saturated heterocycles. The van der Waals surface area contributed by atoms with E-state index < -0.39 is 0 Å². The Morgan fingerprint density at radius 3 is 3.12 bits per heavy atom. The van der Waals surface area contributed by atoms with Gasteiger partial charge in [-0.3, -0.25) is 4.90 Å². The number of hydrogen-bond acceptors (Lipinski definition) is 4. The lowest BCUT2D eigenvalue weighted by Crippen LogP contribution is -2.32. The molecule has 1 aliphatic heterocycles. The molecule has 0 bridgehead atoms. The zero-order valence-corrected chi connectivity index (χ0v) is 10.7. The Kier molecular flexibility index (Phi) is 3.97. The van der Waals surface area contributed by atoms with Crippen LogP contribution in [0.1, 0.15) is 32.3 Å². The van der Waals surface area contributed by atoms with Gasteiger partial charge in [0.05, 0.1) is 0 Å². The van der Waals surface area contributed by atoms with Gasteiger partial charge in [0.1, 0.15) is 5.82 Å². The second-order valence-corrected chi connectivity index (χ2v) is 5.12. The average molecular weight is 234 g/mol. The molecule has 1 aliphatic rings. The van der Waals surface area contributed by atoms with Crippen LogP contribution in [0.25, 0.3) is 0 Å². The number of nitrogens with zero attached hydrogens (tertiary/aromatic N) is 2. The van der Waals surface area contributed by atoms with Gasteiger partial charge in [-0.1, -0.05) is 13.8 Å². The molecule has 0 saturated carbocycles. The fourth-order valence-corrected chi connectivity index (χ4v) is 2.69. The van der Waals surface area contributed by atoms with Crippen LogP contribution in [0.2, 0.25) is 0 Å². The molecular weight excluding hydrogens is 212 g/mol. The first-order valence-electron chi connectivity index (χ1n) is 6.36. The van der Waals surface area contributed by atoms with E-state index >= 15 is 0 Å². The van der Waals surface area contributed by atoms with Crippen molar-refractivity contribution in [3.8, 4) is 0 Å². The Labute approximate surface area is 103 Å². The van der Waals surface area contributed by atoms with Crippen molar-refractivity contribution in [3.05, 3.63) is 23.9 Å². The van der Waals surface area contributed by atoms with Gasteiger partial charge in [-0.2, -0.15) is 0 Å². The first-order chi connectivity index (χ1) is 8.20. The first kappa shape index (κ1) is 12.3. The van der Waals surface area contributed by atoms with E-state index in [1.54, 1.807) is 0 Å². The number of nitrogens with two attached hydrogens (primary N) is 1. The summed E-state index contributed by atoms with van der Waals surface area (Å²) in [5.41, 5.74) is 3.87. The lowest BCUT2D eigenvalue weighted by molar-refractivity contribution is 0.199. The number of hydrazine groups is 1. The normalized spacial score (nSPS) is 21.1. The van der Waals surface area contributed by atoms with Gasteiger partial charge in [-0.15, -0.1) is 0 Å². The van der Waals surface area contributed by atoms with E-state index in [1.807, 2.05) is 12.3 Å². The van der Waals surface area contributed by atoms with E-state index in [4.69, 9.17) is 5.84 Å². The molecular formula is C13H22N4. The monoisotopic (exact) mass is 234 g/mol. The Hall–Kier alpha value is -1.13. The number of hydrogen-bond donors (Lipinski definition) is 2. The number of nitrogen functional groups attached to an aromatic ring is 1. The predicted molar refractivity (Wildman–Crippen MR) is 70.3 cm³/mol. The van der Waals surface area contributed by atoms with Crippen LogP contribution in [0, 0.1) is 5.92 Å². The van der Waals surface area contributed by atoms with Gasteiger partial charge < -0.3 is 5.43 Å². The number of aromatic nitrogens is 1. The molecule has 94 valence electrons. The van der Waals surface area contributed by atoms with Crippen LogP contribution in [0.15, 0.2) is 18.3 Å². The van der Waals surface area contributed by atoms with Gasteiger partial charge in [0.2, 0.25) is 0 Å². The maximum absolute atomic E-state index is 5.38. The summed E-state index contributed by atoms with van der Waals surface area (Å²) in [6, 6.07) is 4.81. The SMILES string of the molecule is CC(C)C1CCCN1Cc1ccnc(NN)c1. The number of likely N-dealkylation sites (tertiary alicyclic amines) is 1. The molecule has 0 amide bonds. The van der Waals surface area contributed by atoms with Crippen molar-refractivity contribution in [3.63, 3.8) is 0 Å². The zero-order chi connectivity index (χ0) is 12.3. The van der Waals surface area contributed by atoms with Crippen molar-refractivity contribution in [1.29, 1.82) is 0 Å². The molecule has 1 aromatic heterocycles. The maximum Gasteiger partial charge on any atom is 0.140 e. The highest BCUT2D eigenvalue weighted by Crippen LogP contribution is 2.25. The van der Waals surface area contributed by atoms with Gasteiger partial charge >= 0.3 is 0 Å². The van der Waals surface area contributed by atoms with Gasteiger partial charge in [0, 0.05) is 18.8 Å². The summed E-state index contributed by atoms with van der Waals surface area (Å²) in [6.45, 7) is 6.82. The minimum Gasteiger partial charge on any atom is -0.308 e. The lowest BCUT2D eigenvalue weighted by atomic mass is 10.0.